The molecule has 0 unspecified atom stereocenters. The van der Waals surface area contributed by atoms with E-state index in [4.69, 9.17) is 5.11 Å². The normalized spacial score (nSPS) is 17.1. The number of rotatable bonds is 2. The highest BCUT2D eigenvalue weighted by atomic mass is 16.4. The fraction of sp³-hybridized carbons (Fsp3) is 0.385. The summed E-state index contributed by atoms with van der Waals surface area (Å²) in [4.78, 5) is 24.8. The number of nitrogens with zero attached hydrogens (tertiary/aromatic N) is 1. The van der Waals surface area contributed by atoms with Crippen molar-refractivity contribution in [2.24, 2.45) is 0 Å². The first-order valence-corrected chi connectivity index (χ1v) is 5.84. The summed E-state index contributed by atoms with van der Waals surface area (Å²) in [5.74, 6) is -1.05. The fourth-order valence-corrected chi connectivity index (χ4v) is 2.14. The first-order chi connectivity index (χ1) is 8.36. The van der Waals surface area contributed by atoms with Crippen LogP contribution < -0.4 is 10.2 Å². The fourth-order valence-electron chi connectivity index (χ4n) is 2.14. The molecule has 0 fully saturated rings. The number of carbonyl (C=O) groups excluding carboxylic acids is 1. The van der Waals surface area contributed by atoms with Gasteiger partial charge in [0, 0.05) is 6.54 Å². The number of hydrogen-bond donors (Lipinski definition) is 2. The highest BCUT2D eigenvalue weighted by Crippen LogP contribution is 2.35. The van der Waals surface area contributed by atoms with Crippen molar-refractivity contribution in [1.82, 2.24) is 0 Å². The molecular formula is C13H16N2O3. The lowest BCUT2D eigenvalue weighted by Gasteiger charge is -2.39. The van der Waals surface area contributed by atoms with Gasteiger partial charge in [0.2, 0.25) is 0 Å². The van der Waals surface area contributed by atoms with Gasteiger partial charge in [0.1, 0.15) is 5.54 Å². The van der Waals surface area contributed by atoms with Crippen molar-refractivity contribution < 1.29 is 14.7 Å². The van der Waals surface area contributed by atoms with Crippen molar-refractivity contribution in [3.05, 3.63) is 23.8 Å². The number of carbonyl (C=O) groups is 2. The summed E-state index contributed by atoms with van der Waals surface area (Å²) in [6, 6.07) is 4.77. The average Bonchev–Trinajstić information content (AvgIpc) is 2.30. The number of aromatic carboxylic acids is 1. The molecule has 0 aromatic heterocycles. The Labute approximate surface area is 105 Å². The molecule has 1 aliphatic heterocycles. The van der Waals surface area contributed by atoms with Crippen LogP contribution in [0.3, 0.4) is 0 Å². The highest BCUT2D eigenvalue weighted by molar-refractivity contribution is 6.08. The van der Waals surface area contributed by atoms with Gasteiger partial charge in [-0.3, -0.25) is 4.79 Å². The largest absolute Gasteiger partial charge is 0.478 e. The molecule has 0 aliphatic carbocycles. The number of hydrogen-bond acceptors (Lipinski definition) is 3. The molecule has 1 amide bonds. The van der Waals surface area contributed by atoms with Gasteiger partial charge in [-0.15, -0.1) is 0 Å². The Hall–Kier alpha value is -2.04. The van der Waals surface area contributed by atoms with Crippen LogP contribution in [0.1, 0.15) is 31.1 Å². The Kier molecular flexibility index (Phi) is 2.77. The zero-order valence-electron chi connectivity index (χ0n) is 10.7. The van der Waals surface area contributed by atoms with E-state index in [1.54, 1.807) is 11.0 Å². The Balaban J connectivity index is 2.56. The van der Waals surface area contributed by atoms with E-state index in [2.05, 4.69) is 5.32 Å². The minimum atomic E-state index is -0.994. The van der Waals surface area contributed by atoms with Crippen molar-refractivity contribution in [3.8, 4) is 0 Å². The topological polar surface area (TPSA) is 69.6 Å². The minimum absolute atomic E-state index is 0.0555. The molecule has 5 heteroatoms. The quantitative estimate of drug-likeness (QED) is 0.839. The zero-order valence-corrected chi connectivity index (χ0v) is 10.7. The molecule has 18 heavy (non-hydrogen) atoms. The lowest BCUT2D eigenvalue weighted by Crippen LogP contribution is -2.53. The predicted molar refractivity (Wildman–Crippen MR) is 69.1 cm³/mol. The second kappa shape index (κ2) is 4.01. The van der Waals surface area contributed by atoms with Gasteiger partial charge >= 0.3 is 5.97 Å². The monoisotopic (exact) mass is 248 g/mol. The van der Waals surface area contributed by atoms with Gasteiger partial charge in [-0.25, -0.2) is 4.79 Å². The van der Waals surface area contributed by atoms with Crippen LogP contribution in [0, 0.1) is 0 Å². The van der Waals surface area contributed by atoms with E-state index >= 15 is 0 Å². The number of amides is 1. The van der Waals surface area contributed by atoms with Crippen LogP contribution >= 0.6 is 0 Å². The minimum Gasteiger partial charge on any atom is -0.478 e. The number of carboxylic acid groups (broad SMARTS) is 1. The highest BCUT2D eigenvalue weighted by Gasteiger charge is 2.38. The molecule has 2 N–H and O–H groups in total. The van der Waals surface area contributed by atoms with Crippen LogP contribution in [0.5, 0.6) is 0 Å². The maximum Gasteiger partial charge on any atom is 0.335 e. The summed E-state index contributed by atoms with van der Waals surface area (Å²) >= 11 is 0. The van der Waals surface area contributed by atoms with Crippen LogP contribution in [-0.2, 0) is 4.79 Å². The molecule has 1 heterocycles. The number of carboxylic acids is 1. The van der Waals surface area contributed by atoms with Crippen molar-refractivity contribution in [2.75, 3.05) is 16.8 Å². The first kappa shape index (κ1) is 12.4. The molecule has 1 aromatic rings. The summed E-state index contributed by atoms with van der Waals surface area (Å²) in [5.41, 5.74) is 0.919. The van der Waals surface area contributed by atoms with Gasteiger partial charge in [-0.2, -0.15) is 0 Å². The number of fused-ring (bicyclic) bond motifs is 1. The van der Waals surface area contributed by atoms with Crippen molar-refractivity contribution in [1.29, 1.82) is 0 Å². The molecule has 96 valence electrons. The molecular weight excluding hydrogens is 232 g/mol. The molecule has 0 radical (unpaired) electrons. The van der Waals surface area contributed by atoms with Gasteiger partial charge in [0.05, 0.1) is 16.9 Å². The first-order valence-electron chi connectivity index (χ1n) is 5.84. The summed E-state index contributed by atoms with van der Waals surface area (Å²) in [7, 11) is 0. The van der Waals surface area contributed by atoms with Gasteiger partial charge in [-0.05, 0) is 39.0 Å². The Morgan fingerprint density at radius 1 is 1.44 bits per heavy atom. The Morgan fingerprint density at radius 2 is 2.11 bits per heavy atom. The molecule has 0 atom stereocenters. The van der Waals surface area contributed by atoms with Crippen LogP contribution in [0.2, 0.25) is 0 Å². The smallest absolute Gasteiger partial charge is 0.335 e. The molecule has 0 spiro atoms. The van der Waals surface area contributed by atoms with E-state index in [1.807, 2.05) is 20.8 Å². The van der Waals surface area contributed by atoms with E-state index in [0.717, 1.165) is 5.69 Å². The summed E-state index contributed by atoms with van der Waals surface area (Å²) in [5, 5.41) is 12.1. The molecule has 1 aliphatic rings. The van der Waals surface area contributed by atoms with E-state index in [0.29, 0.717) is 12.2 Å². The van der Waals surface area contributed by atoms with Gasteiger partial charge in [0.25, 0.3) is 5.91 Å². The SMILES string of the molecule is CCN1C(=O)C(C)(C)Nc2ccc(C(=O)O)cc21. The second-order valence-corrected chi connectivity index (χ2v) is 4.84. The maximum atomic E-state index is 12.2. The Bertz CT molecular complexity index is 523. The van der Waals surface area contributed by atoms with E-state index in [-0.39, 0.29) is 11.5 Å². The third-order valence-electron chi connectivity index (χ3n) is 3.08. The zero-order chi connectivity index (χ0) is 13.5. The molecule has 1 aromatic carbocycles. The number of nitrogens with one attached hydrogen (secondary N) is 1. The van der Waals surface area contributed by atoms with Crippen LogP contribution in [0.15, 0.2) is 18.2 Å². The third kappa shape index (κ3) is 1.81. The maximum absolute atomic E-state index is 12.2. The number of likely N-dealkylation sites (N-methyl/N-ethyl adjacent to an activating group) is 1. The van der Waals surface area contributed by atoms with E-state index in [9.17, 15) is 9.59 Å². The van der Waals surface area contributed by atoms with E-state index < -0.39 is 11.5 Å². The lowest BCUT2D eigenvalue weighted by molar-refractivity contribution is -0.122. The molecule has 2 rings (SSSR count). The number of benzene rings is 1. The average molecular weight is 248 g/mol. The van der Waals surface area contributed by atoms with Gasteiger partial charge in [0.15, 0.2) is 0 Å². The van der Waals surface area contributed by atoms with Crippen molar-refractivity contribution in [2.45, 2.75) is 26.3 Å². The van der Waals surface area contributed by atoms with Crippen molar-refractivity contribution in [3.63, 3.8) is 0 Å². The van der Waals surface area contributed by atoms with Crippen LogP contribution in [0.25, 0.3) is 0 Å². The van der Waals surface area contributed by atoms with Crippen LogP contribution in [-0.4, -0.2) is 29.1 Å². The Morgan fingerprint density at radius 3 is 2.67 bits per heavy atom. The molecule has 5 nitrogen and oxygen atoms in total. The molecule has 0 bridgehead atoms. The standard InChI is InChI=1S/C13H16N2O3/c1-4-15-10-7-8(11(16)17)5-6-9(10)14-13(2,3)12(15)18/h5-7,14H,4H2,1-3H3,(H,16,17). The van der Waals surface area contributed by atoms with Crippen molar-refractivity contribution >= 4 is 23.3 Å². The van der Waals surface area contributed by atoms with Gasteiger partial charge in [-0.1, -0.05) is 0 Å². The predicted octanol–water partition coefficient (Wildman–Crippen LogP) is 1.94. The lowest BCUT2D eigenvalue weighted by atomic mass is 9.97. The number of anilines is 2. The second-order valence-electron chi connectivity index (χ2n) is 4.84. The molecule has 0 saturated heterocycles. The molecule has 0 saturated carbocycles. The summed E-state index contributed by atoms with van der Waals surface area (Å²) in [6.45, 7) is 6.01. The summed E-state index contributed by atoms with van der Waals surface area (Å²) in [6.07, 6.45) is 0. The summed E-state index contributed by atoms with van der Waals surface area (Å²) < 4.78 is 0. The van der Waals surface area contributed by atoms with E-state index in [1.165, 1.54) is 12.1 Å². The van der Waals surface area contributed by atoms with Gasteiger partial charge < -0.3 is 15.3 Å². The van der Waals surface area contributed by atoms with Crippen LogP contribution in [0.4, 0.5) is 11.4 Å². The third-order valence-corrected chi connectivity index (χ3v) is 3.08.